The standard InChI is InChI=1S/C14H11F2NO3/c1-2-7-19-13(18)11(9-17)8-10-5-3-4-6-12(10)20-14(15)16/h2-6,8,14H,1,7H2/b11-8-. The Morgan fingerprint density at radius 2 is 2.15 bits per heavy atom. The summed E-state index contributed by atoms with van der Waals surface area (Å²) < 4.78 is 33.5. The van der Waals surface area contributed by atoms with Gasteiger partial charge in [0.25, 0.3) is 0 Å². The van der Waals surface area contributed by atoms with E-state index in [1.165, 1.54) is 24.3 Å². The molecule has 0 heterocycles. The van der Waals surface area contributed by atoms with Crippen LogP contribution in [0.5, 0.6) is 5.75 Å². The fourth-order valence-electron chi connectivity index (χ4n) is 1.31. The SMILES string of the molecule is C=CCOC(=O)/C(C#N)=C\c1ccccc1OC(F)F. The molecule has 20 heavy (non-hydrogen) atoms. The Labute approximate surface area is 114 Å². The van der Waals surface area contributed by atoms with Gasteiger partial charge in [0.2, 0.25) is 0 Å². The molecule has 0 radical (unpaired) electrons. The molecule has 0 aliphatic rings. The lowest BCUT2D eigenvalue weighted by Gasteiger charge is -2.07. The molecule has 1 aromatic carbocycles. The molecule has 0 aliphatic carbocycles. The van der Waals surface area contributed by atoms with Gasteiger partial charge in [-0.1, -0.05) is 30.9 Å². The minimum Gasteiger partial charge on any atom is -0.457 e. The zero-order valence-corrected chi connectivity index (χ0v) is 10.4. The van der Waals surface area contributed by atoms with E-state index in [0.717, 1.165) is 6.08 Å². The monoisotopic (exact) mass is 279 g/mol. The van der Waals surface area contributed by atoms with Gasteiger partial charge in [-0.2, -0.15) is 14.0 Å². The van der Waals surface area contributed by atoms with E-state index in [2.05, 4.69) is 11.3 Å². The van der Waals surface area contributed by atoms with Crippen LogP contribution in [0.1, 0.15) is 5.56 Å². The number of nitrogens with zero attached hydrogens (tertiary/aromatic N) is 1. The number of hydrogen-bond donors (Lipinski definition) is 0. The van der Waals surface area contributed by atoms with Crippen molar-refractivity contribution in [3.63, 3.8) is 0 Å². The van der Waals surface area contributed by atoms with E-state index in [9.17, 15) is 13.6 Å². The Hall–Kier alpha value is -2.68. The number of hydrogen-bond acceptors (Lipinski definition) is 4. The van der Waals surface area contributed by atoms with Crippen LogP contribution < -0.4 is 4.74 Å². The number of ether oxygens (including phenoxy) is 2. The van der Waals surface area contributed by atoms with Crippen molar-refractivity contribution in [3.8, 4) is 11.8 Å². The van der Waals surface area contributed by atoms with Gasteiger partial charge in [0.05, 0.1) is 0 Å². The van der Waals surface area contributed by atoms with Crippen LogP contribution in [0.25, 0.3) is 6.08 Å². The van der Waals surface area contributed by atoms with Crippen LogP contribution >= 0.6 is 0 Å². The number of esters is 1. The zero-order chi connectivity index (χ0) is 15.0. The van der Waals surface area contributed by atoms with E-state index >= 15 is 0 Å². The van der Waals surface area contributed by atoms with Crippen molar-refractivity contribution in [2.75, 3.05) is 6.61 Å². The summed E-state index contributed by atoms with van der Waals surface area (Å²) in [5, 5.41) is 8.90. The molecule has 1 rings (SSSR count). The first-order valence-corrected chi connectivity index (χ1v) is 5.52. The predicted molar refractivity (Wildman–Crippen MR) is 67.8 cm³/mol. The fourth-order valence-corrected chi connectivity index (χ4v) is 1.31. The number of alkyl halides is 2. The molecule has 0 saturated heterocycles. The van der Waals surface area contributed by atoms with Crippen LogP contribution in [0, 0.1) is 11.3 Å². The van der Waals surface area contributed by atoms with Gasteiger partial charge in [0.1, 0.15) is 24.0 Å². The second-order valence-corrected chi connectivity index (χ2v) is 3.47. The molecule has 1 aromatic rings. The summed E-state index contributed by atoms with van der Waals surface area (Å²) in [6, 6.07) is 7.46. The van der Waals surface area contributed by atoms with E-state index < -0.39 is 12.6 Å². The Balaban J connectivity index is 3.04. The van der Waals surface area contributed by atoms with E-state index in [-0.39, 0.29) is 23.5 Å². The van der Waals surface area contributed by atoms with Gasteiger partial charge in [-0.3, -0.25) is 0 Å². The van der Waals surface area contributed by atoms with E-state index in [1.54, 1.807) is 12.1 Å². The molecule has 0 fully saturated rings. The summed E-state index contributed by atoms with van der Waals surface area (Å²) in [7, 11) is 0. The Kier molecular flexibility index (Phi) is 5.91. The third-order valence-electron chi connectivity index (χ3n) is 2.11. The molecule has 0 N–H and O–H groups in total. The molecule has 0 atom stereocenters. The smallest absolute Gasteiger partial charge is 0.387 e. The largest absolute Gasteiger partial charge is 0.457 e. The molecular weight excluding hydrogens is 268 g/mol. The van der Waals surface area contributed by atoms with Crippen molar-refractivity contribution in [1.29, 1.82) is 5.26 Å². The van der Waals surface area contributed by atoms with Crippen molar-refractivity contribution in [2.45, 2.75) is 6.61 Å². The number of benzene rings is 1. The predicted octanol–water partition coefficient (Wildman–Crippen LogP) is 2.92. The lowest BCUT2D eigenvalue weighted by molar-refractivity contribution is -0.137. The Morgan fingerprint density at radius 1 is 1.45 bits per heavy atom. The number of carbonyl (C=O) groups is 1. The van der Waals surface area contributed by atoms with Crippen molar-refractivity contribution in [1.82, 2.24) is 0 Å². The van der Waals surface area contributed by atoms with E-state index in [0.29, 0.717) is 0 Å². The van der Waals surface area contributed by atoms with Gasteiger partial charge in [0, 0.05) is 5.56 Å². The summed E-state index contributed by atoms with van der Waals surface area (Å²) in [5.74, 6) is -0.994. The van der Waals surface area contributed by atoms with Crippen LogP contribution in [0.4, 0.5) is 8.78 Å². The van der Waals surface area contributed by atoms with Gasteiger partial charge in [-0.25, -0.2) is 4.79 Å². The lowest BCUT2D eigenvalue weighted by Crippen LogP contribution is -2.07. The molecule has 0 aromatic heterocycles. The number of carbonyl (C=O) groups excluding carboxylic acids is 1. The molecule has 0 unspecified atom stereocenters. The summed E-state index contributed by atoms with van der Waals surface area (Å²) in [6.45, 7) is 0.320. The molecule has 0 amide bonds. The quantitative estimate of drug-likeness (QED) is 0.348. The third kappa shape index (κ3) is 4.53. The van der Waals surface area contributed by atoms with E-state index in [1.807, 2.05) is 0 Å². The summed E-state index contributed by atoms with van der Waals surface area (Å²) in [6.07, 6.45) is 2.48. The maximum Gasteiger partial charge on any atom is 0.387 e. The van der Waals surface area contributed by atoms with Crippen LogP contribution in [0.3, 0.4) is 0 Å². The molecule has 0 spiro atoms. The average Bonchev–Trinajstić information content (AvgIpc) is 2.43. The second kappa shape index (κ2) is 7.69. The number of nitriles is 1. The number of halogens is 2. The molecule has 0 aliphatic heterocycles. The highest BCUT2D eigenvalue weighted by molar-refractivity contribution is 5.98. The highest BCUT2D eigenvalue weighted by Crippen LogP contribution is 2.23. The third-order valence-corrected chi connectivity index (χ3v) is 2.11. The van der Waals surface area contributed by atoms with Crippen molar-refractivity contribution in [3.05, 3.63) is 48.1 Å². The van der Waals surface area contributed by atoms with Crippen molar-refractivity contribution in [2.24, 2.45) is 0 Å². The Bertz CT molecular complexity index is 562. The molecular formula is C14H11F2NO3. The second-order valence-electron chi connectivity index (χ2n) is 3.47. The van der Waals surface area contributed by atoms with Crippen molar-refractivity contribution >= 4 is 12.0 Å². The summed E-state index contributed by atoms with van der Waals surface area (Å²) in [5.41, 5.74) is -0.142. The van der Waals surface area contributed by atoms with Crippen LogP contribution in [-0.2, 0) is 9.53 Å². The maximum atomic E-state index is 12.2. The highest BCUT2D eigenvalue weighted by Gasteiger charge is 2.13. The van der Waals surface area contributed by atoms with E-state index in [4.69, 9.17) is 10.00 Å². The summed E-state index contributed by atoms with van der Waals surface area (Å²) >= 11 is 0. The number of para-hydroxylation sites is 1. The van der Waals surface area contributed by atoms with Gasteiger partial charge >= 0.3 is 12.6 Å². The van der Waals surface area contributed by atoms with Gasteiger partial charge in [0.15, 0.2) is 0 Å². The molecule has 4 nitrogen and oxygen atoms in total. The minimum absolute atomic E-state index is 0.0486. The molecule has 6 heteroatoms. The van der Waals surface area contributed by atoms with Gasteiger partial charge in [-0.05, 0) is 12.1 Å². The highest BCUT2D eigenvalue weighted by atomic mass is 19.3. The van der Waals surface area contributed by atoms with Gasteiger partial charge in [-0.15, -0.1) is 0 Å². The fraction of sp³-hybridized carbons (Fsp3) is 0.143. The normalized spacial score (nSPS) is 10.8. The van der Waals surface area contributed by atoms with Crippen LogP contribution in [-0.4, -0.2) is 19.2 Å². The zero-order valence-electron chi connectivity index (χ0n) is 10.4. The number of rotatable bonds is 6. The Morgan fingerprint density at radius 3 is 2.75 bits per heavy atom. The molecule has 0 bridgehead atoms. The lowest BCUT2D eigenvalue weighted by atomic mass is 10.1. The first kappa shape index (κ1) is 15.4. The maximum absolute atomic E-state index is 12.2. The first-order chi connectivity index (χ1) is 9.58. The van der Waals surface area contributed by atoms with Crippen LogP contribution in [0.15, 0.2) is 42.5 Å². The van der Waals surface area contributed by atoms with Crippen LogP contribution in [0.2, 0.25) is 0 Å². The molecule has 104 valence electrons. The van der Waals surface area contributed by atoms with Crippen molar-refractivity contribution < 1.29 is 23.0 Å². The summed E-state index contributed by atoms with van der Waals surface area (Å²) in [4.78, 5) is 11.5. The first-order valence-electron chi connectivity index (χ1n) is 5.52. The average molecular weight is 279 g/mol. The molecule has 0 saturated carbocycles. The van der Waals surface area contributed by atoms with Gasteiger partial charge < -0.3 is 9.47 Å². The topological polar surface area (TPSA) is 59.3 Å². The minimum atomic E-state index is -3.00.